The summed E-state index contributed by atoms with van der Waals surface area (Å²) in [4.78, 5) is 0. The Morgan fingerprint density at radius 1 is 1.23 bits per heavy atom. The van der Waals surface area contributed by atoms with Crippen molar-refractivity contribution in [3.05, 3.63) is 35.5 Å². The first-order chi connectivity index (χ1) is 16.6. The van der Waals surface area contributed by atoms with Crippen molar-refractivity contribution in [1.82, 2.24) is 0 Å². The number of hydrogen-bond acceptors (Lipinski definition) is 4. The molecule has 3 N–H and O–H groups in total. The Kier molecular flexibility index (Phi) is 9.49. The van der Waals surface area contributed by atoms with Gasteiger partial charge in [-0.25, -0.2) is 0 Å². The molecule has 4 heteroatoms. The maximum Gasteiger partial charge on any atom is 0.120 e. The number of hydrogen-bond donors (Lipinski definition) is 3. The van der Waals surface area contributed by atoms with Gasteiger partial charge in [-0.3, -0.25) is 0 Å². The monoisotopic (exact) mass is 484 g/mol. The molecule has 7 atom stereocenters. The van der Waals surface area contributed by atoms with Crippen molar-refractivity contribution in [3.63, 3.8) is 0 Å². The van der Waals surface area contributed by atoms with Gasteiger partial charge in [0.1, 0.15) is 6.10 Å². The van der Waals surface area contributed by atoms with Crippen LogP contribution in [0.25, 0.3) is 0 Å². The molecule has 3 fully saturated rings. The number of rotatable bonds is 7. The standard InChI is InChI=1S/C31H48O4/c1-7-31(34,8-2)18-10-12-29(35-6)22(4)26-15-16-27-23(11-9-17-30(26,27)5)13-14-24-19-25(32)20-28(33)21(24)3/h13-14,22,25-29,32-34H,3,7-9,11,15-20H2,1-2,4-6H3/b23-13+,24-14+/t22-,25+,26+,27-,28-,29-,30+/m0/s1. The Morgan fingerprint density at radius 3 is 2.60 bits per heavy atom. The molecule has 3 rings (SSSR count). The van der Waals surface area contributed by atoms with E-state index in [0.29, 0.717) is 49.9 Å². The van der Waals surface area contributed by atoms with Crippen LogP contribution in [0.15, 0.2) is 35.5 Å². The maximum atomic E-state index is 10.6. The second kappa shape index (κ2) is 11.8. The summed E-state index contributed by atoms with van der Waals surface area (Å²) in [5.74, 6) is 8.01. The first-order valence-corrected chi connectivity index (χ1v) is 13.8. The van der Waals surface area contributed by atoms with Crippen LogP contribution in [0.1, 0.15) is 91.9 Å². The van der Waals surface area contributed by atoms with E-state index in [1.54, 1.807) is 7.11 Å². The summed E-state index contributed by atoms with van der Waals surface area (Å²) in [6.45, 7) is 12.9. The van der Waals surface area contributed by atoms with Gasteiger partial charge in [-0.1, -0.05) is 63.8 Å². The van der Waals surface area contributed by atoms with Gasteiger partial charge in [0.05, 0.1) is 17.8 Å². The zero-order chi connectivity index (χ0) is 25.8. The van der Waals surface area contributed by atoms with Crippen molar-refractivity contribution in [1.29, 1.82) is 0 Å². The van der Waals surface area contributed by atoms with Gasteiger partial charge in [0.2, 0.25) is 0 Å². The maximum absolute atomic E-state index is 10.6. The van der Waals surface area contributed by atoms with E-state index >= 15 is 0 Å². The minimum absolute atomic E-state index is 0.126. The zero-order valence-electron chi connectivity index (χ0n) is 22.6. The quantitative estimate of drug-likeness (QED) is 0.404. The minimum atomic E-state index is -0.702. The Balaban J connectivity index is 1.76. The molecule has 3 saturated carbocycles. The first kappa shape index (κ1) is 28.2. The molecule has 0 aromatic rings. The van der Waals surface area contributed by atoms with Crippen molar-refractivity contribution in [3.8, 4) is 11.8 Å². The fourth-order valence-electron chi connectivity index (χ4n) is 7.04. The van der Waals surface area contributed by atoms with Gasteiger partial charge in [-0.05, 0) is 85.7 Å². The Bertz CT molecular complexity index is 870. The molecule has 0 aromatic carbocycles. The largest absolute Gasteiger partial charge is 0.393 e. The van der Waals surface area contributed by atoms with E-state index in [4.69, 9.17) is 4.74 Å². The molecular weight excluding hydrogens is 436 g/mol. The number of fused-ring (bicyclic) bond motifs is 1. The van der Waals surface area contributed by atoms with Crippen LogP contribution in [0.5, 0.6) is 0 Å². The predicted molar refractivity (Wildman–Crippen MR) is 143 cm³/mol. The van der Waals surface area contributed by atoms with Gasteiger partial charge >= 0.3 is 0 Å². The number of methoxy groups -OCH3 is 1. The van der Waals surface area contributed by atoms with E-state index in [0.717, 1.165) is 17.6 Å². The molecule has 0 amide bonds. The molecule has 0 bridgehead atoms. The third kappa shape index (κ3) is 6.13. The molecule has 0 spiro atoms. The van der Waals surface area contributed by atoms with E-state index in [2.05, 4.69) is 44.4 Å². The number of allylic oxidation sites excluding steroid dienone is 3. The van der Waals surface area contributed by atoms with Gasteiger partial charge in [0.25, 0.3) is 0 Å². The fraction of sp³-hybridized carbons (Fsp3) is 0.742. The van der Waals surface area contributed by atoms with E-state index in [1.807, 2.05) is 13.8 Å². The molecule has 35 heavy (non-hydrogen) atoms. The Hall–Kier alpha value is -1.38. The smallest absolute Gasteiger partial charge is 0.120 e. The number of ether oxygens (including phenoxy) is 1. The zero-order valence-corrected chi connectivity index (χ0v) is 22.6. The highest BCUT2D eigenvalue weighted by Crippen LogP contribution is 2.59. The topological polar surface area (TPSA) is 69.9 Å². The third-order valence-electron chi connectivity index (χ3n) is 9.65. The normalized spacial score (nSPS) is 35.5. The molecule has 0 heterocycles. The summed E-state index contributed by atoms with van der Waals surface area (Å²) in [6, 6.07) is 0. The van der Waals surface area contributed by atoms with Crippen LogP contribution in [0.2, 0.25) is 0 Å². The van der Waals surface area contributed by atoms with Crippen molar-refractivity contribution in [2.24, 2.45) is 23.2 Å². The number of aliphatic hydroxyl groups excluding tert-OH is 2. The van der Waals surface area contributed by atoms with Gasteiger partial charge in [-0.15, -0.1) is 0 Å². The van der Waals surface area contributed by atoms with Crippen molar-refractivity contribution < 1.29 is 20.1 Å². The number of aliphatic hydroxyl groups is 3. The van der Waals surface area contributed by atoms with E-state index in [-0.39, 0.29) is 11.5 Å². The van der Waals surface area contributed by atoms with Crippen LogP contribution in [0.4, 0.5) is 0 Å². The average molecular weight is 485 g/mol. The van der Waals surface area contributed by atoms with Crippen LogP contribution in [0, 0.1) is 35.0 Å². The molecule has 0 aromatic heterocycles. The summed E-state index contributed by atoms with van der Waals surface area (Å²) in [6.07, 6.45) is 11.9. The second-order valence-electron chi connectivity index (χ2n) is 11.6. The highest BCUT2D eigenvalue weighted by molar-refractivity contribution is 5.38. The van der Waals surface area contributed by atoms with E-state index < -0.39 is 17.8 Å². The summed E-state index contributed by atoms with van der Waals surface area (Å²) >= 11 is 0. The molecule has 0 radical (unpaired) electrons. The summed E-state index contributed by atoms with van der Waals surface area (Å²) in [7, 11) is 1.76. The van der Waals surface area contributed by atoms with Crippen LogP contribution in [-0.4, -0.2) is 46.3 Å². The van der Waals surface area contributed by atoms with Gasteiger partial charge in [-0.2, -0.15) is 0 Å². The van der Waals surface area contributed by atoms with E-state index in [9.17, 15) is 15.3 Å². The van der Waals surface area contributed by atoms with Gasteiger partial charge in [0, 0.05) is 20.0 Å². The SMILES string of the molecule is C=C1/C(=C/C=C2\CCC[C@]3(C)[C@@H]([C@H](C)[C@H](C#CCC(O)(CC)CC)OC)CC[C@@H]23)C[C@@H](O)C[C@@H]1O. The first-order valence-electron chi connectivity index (χ1n) is 13.8. The highest BCUT2D eigenvalue weighted by Gasteiger charge is 2.51. The molecule has 0 unspecified atom stereocenters. The lowest BCUT2D eigenvalue weighted by Gasteiger charge is -2.45. The fourth-order valence-corrected chi connectivity index (χ4v) is 7.04. The van der Waals surface area contributed by atoms with E-state index in [1.165, 1.54) is 31.3 Å². The predicted octanol–water partition coefficient (Wildman–Crippen LogP) is 5.72. The van der Waals surface area contributed by atoms with Crippen LogP contribution >= 0.6 is 0 Å². The third-order valence-corrected chi connectivity index (χ3v) is 9.65. The highest BCUT2D eigenvalue weighted by atomic mass is 16.5. The lowest BCUT2D eigenvalue weighted by Crippen LogP contribution is -2.39. The molecule has 4 nitrogen and oxygen atoms in total. The minimum Gasteiger partial charge on any atom is -0.393 e. The van der Waals surface area contributed by atoms with Crippen LogP contribution in [0.3, 0.4) is 0 Å². The lowest BCUT2D eigenvalue weighted by atomic mass is 9.60. The molecule has 3 aliphatic carbocycles. The van der Waals surface area contributed by atoms with Crippen LogP contribution in [-0.2, 0) is 4.74 Å². The van der Waals surface area contributed by atoms with Crippen LogP contribution < -0.4 is 0 Å². The summed E-state index contributed by atoms with van der Waals surface area (Å²) in [5, 5.41) is 30.9. The molecule has 0 saturated heterocycles. The van der Waals surface area contributed by atoms with Gasteiger partial charge < -0.3 is 20.1 Å². The summed E-state index contributed by atoms with van der Waals surface area (Å²) in [5.41, 5.74) is 2.75. The molecule has 3 aliphatic rings. The summed E-state index contributed by atoms with van der Waals surface area (Å²) < 4.78 is 5.88. The van der Waals surface area contributed by atoms with Gasteiger partial charge in [0.15, 0.2) is 0 Å². The lowest BCUT2D eigenvalue weighted by molar-refractivity contribution is 0.0224. The van der Waals surface area contributed by atoms with Crippen molar-refractivity contribution in [2.75, 3.05) is 7.11 Å². The van der Waals surface area contributed by atoms with Crippen molar-refractivity contribution >= 4 is 0 Å². The second-order valence-corrected chi connectivity index (χ2v) is 11.6. The Morgan fingerprint density at radius 2 is 1.94 bits per heavy atom. The Labute approximate surface area is 213 Å². The molecule has 196 valence electrons. The molecular formula is C31H48O4. The van der Waals surface area contributed by atoms with Crippen molar-refractivity contribution in [2.45, 2.75) is 116 Å². The molecule has 0 aliphatic heterocycles. The average Bonchev–Trinajstić information content (AvgIpc) is 3.20.